The van der Waals surface area contributed by atoms with Gasteiger partial charge in [-0.25, -0.2) is 8.42 Å². The summed E-state index contributed by atoms with van der Waals surface area (Å²) in [5.41, 5.74) is 2.82. The third-order valence-electron chi connectivity index (χ3n) is 3.46. The van der Waals surface area contributed by atoms with E-state index in [9.17, 15) is 13.2 Å². The van der Waals surface area contributed by atoms with Crippen LogP contribution >= 0.6 is 24.4 Å². The van der Waals surface area contributed by atoms with E-state index in [4.69, 9.17) is 24.4 Å². The number of nitrogens with zero attached hydrogens (tertiary/aromatic N) is 4. The van der Waals surface area contributed by atoms with Gasteiger partial charge in [0.25, 0.3) is 5.91 Å². The first-order valence-electron chi connectivity index (χ1n) is 7.88. The fraction of sp³-hybridized carbons (Fsp3) is 0.500. The zero-order valence-electron chi connectivity index (χ0n) is 14.4. The molecule has 1 aromatic rings. The van der Waals surface area contributed by atoms with Crippen LogP contribution in [0, 0.1) is 5.92 Å². The van der Waals surface area contributed by atoms with Crippen molar-refractivity contribution in [3.05, 3.63) is 24.3 Å². The van der Waals surface area contributed by atoms with Gasteiger partial charge in [0.2, 0.25) is 10.0 Å². The Hall–Kier alpha value is -1.76. The van der Waals surface area contributed by atoms with Crippen LogP contribution in [0.3, 0.4) is 0 Å². The number of hydrogen-bond acceptors (Lipinski definition) is 7. The summed E-state index contributed by atoms with van der Waals surface area (Å²) in [6, 6.07) is 0. The Balaban J connectivity index is 1.94. The lowest BCUT2D eigenvalue weighted by atomic mass is 10.4. The largest absolute Gasteiger partial charge is 0.283 e. The molecule has 12 heteroatoms. The lowest BCUT2D eigenvalue weighted by Gasteiger charge is -2.24. The third-order valence-corrected chi connectivity index (χ3v) is 5.64. The zero-order chi connectivity index (χ0) is 19.3. The van der Waals surface area contributed by atoms with Crippen molar-refractivity contribution in [1.82, 2.24) is 30.2 Å². The van der Waals surface area contributed by atoms with E-state index in [1.807, 2.05) is 0 Å². The Bertz CT molecular complexity index is 782. The fourth-order valence-electron chi connectivity index (χ4n) is 2.05. The molecule has 1 amide bonds. The number of hydrazine groups is 2. The van der Waals surface area contributed by atoms with Crippen LogP contribution < -0.4 is 10.3 Å². The summed E-state index contributed by atoms with van der Waals surface area (Å²) in [6.45, 7) is 1.97. The second-order valence-corrected chi connectivity index (χ2v) is 8.20. The highest BCUT2D eigenvalue weighted by molar-refractivity contribution is 7.90. The molecule has 0 aromatic carbocycles. The standard InChI is InChI=1S/C14H20N6O3S3/c1-3-20(14(25)11-8-15-6-7-16-11)18-26(22,23)9-12(21)17-19(2)13(24)10-4-5-10/h6-8,10,18H,3-5,9H2,1-2H3,(H,17,21). The topological polar surface area (TPSA) is 108 Å². The highest BCUT2D eigenvalue weighted by Crippen LogP contribution is 2.31. The minimum Gasteiger partial charge on any atom is -0.283 e. The molecule has 2 rings (SSSR count). The molecule has 1 aromatic heterocycles. The summed E-state index contributed by atoms with van der Waals surface area (Å²) < 4.78 is 24.6. The third kappa shape index (κ3) is 5.90. The van der Waals surface area contributed by atoms with Crippen LogP contribution in [-0.2, 0) is 14.8 Å². The van der Waals surface area contributed by atoms with Crippen LogP contribution in [0.4, 0.5) is 0 Å². The van der Waals surface area contributed by atoms with Crippen molar-refractivity contribution in [2.45, 2.75) is 19.8 Å². The van der Waals surface area contributed by atoms with Crippen molar-refractivity contribution in [2.24, 2.45) is 5.92 Å². The first-order valence-corrected chi connectivity index (χ1v) is 10.4. The second-order valence-electron chi connectivity index (χ2n) is 5.70. The summed E-state index contributed by atoms with van der Waals surface area (Å²) in [5.74, 6) is -1.17. The van der Waals surface area contributed by atoms with E-state index in [0.29, 0.717) is 10.7 Å². The molecule has 0 bridgehead atoms. The number of hydrogen-bond donors (Lipinski definition) is 2. The molecule has 0 saturated heterocycles. The van der Waals surface area contributed by atoms with Gasteiger partial charge in [0.1, 0.15) is 16.4 Å². The lowest BCUT2D eigenvalue weighted by Crippen LogP contribution is -2.51. The number of sulfonamides is 1. The van der Waals surface area contributed by atoms with Gasteiger partial charge in [0, 0.05) is 31.9 Å². The predicted molar refractivity (Wildman–Crippen MR) is 104 cm³/mol. The summed E-state index contributed by atoms with van der Waals surface area (Å²) >= 11 is 10.4. The van der Waals surface area contributed by atoms with Crippen LogP contribution in [0.5, 0.6) is 0 Å². The molecule has 142 valence electrons. The Labute approximate surface area is 163 Å². The van der Waals surface area contributed by atoms with Crippen LogP contribution in [-0.4, -0.2) is 63.6 Å². The molecule has 1 fully saturated rings. The van der Waals surface area contributed by atoms with Crippen molar-refractivity contribution < 1.29 is 13.2 Å². The highest BCUT2D eigenvalue weighted by Gasteiger charge is 2.30. The minimum atomic E-state index is -3.96. The van der Waals surface area contributed by atoms with E-state index in [2.05, 4.69) is 20.2 Å². The SMILES string of the molecule is CCN(NS(=O)(=O)CC(=O)NN(C)C(=S)C1CC1)C(=S)c1cnccn1. The maximum Gasteiger partial charge on any atom is 0.255 e. The van der Waals surface area contributed by atoms with Gasteiger partial charge in [-0.2, -0.15) is 0 Å². The average molecular weight is 417 g/mol. The smallest absolute Gasteiger partial charge is 0.255 e. The van der Waals surface area contributed by atoms with Gasteiger partial charge in [-0.05, 0) is 19.8 Å². The first-order chi connectivity index (χ1) is 12.2. The monoisotopic (exact) mass is 416 g/mol. The molecule has 0 radical (unpaired) electrons. The number of carbonyl (C=O) groups excluding carboxylic acids is 1. The first kappa shape index (κ1) is 20.6. The van der Waals surface area contributed by atoms with Crippen LogP contribution in [0.2, 0.25) is 0 Å². The molecule has 9 nitrogen and oxygen atoms in total. The fourth-order valence-corrected chi connectivity index (χ4v) is 3.70. The zero-order valence-corrected chi connectivity index (χ0v) is 16.8. The van der Waals surface area contributed by atoms with Gasteiger partial charge < -0.3 is 0 Å². The Morgan fingerprint density at radius 1 is 1.35 bits per heavy atom. The summed E-state index contributed by atoms with van der Waals surface area (Å²) in [7, 11) is -2.37. The number of carbonyl (C=O) groups is 1. The van der Waals surface area contributed by atoms with Crippen LogP contribution in [0.25, 0.3) is 0 Å². The maximum atomic E-state index is 12.3. The van der Waals surface area contributed by atoms with Gasteiger partial charge in [-0.3, -0.25) is 30.2 Å². The number of rotatable bonds is 7. The number of aromatic nitrogens is 2. The van der Waals surface area contributed by atoms with Crippen molar-refractivity contribution >= 4 is 50.3 Å². The summed E-state index contributed by atoms with van der Waals surface area (Å²) in [4.78, 5) is 23.0. The molecular weight excluding hydrogens is 396 g/mol. The maximum absolute atomic E-state index is 12.3. The summed E-state index contributed by atoms with van der Waals surface area (Å²) in [6.07, 6.45) is 6.35. The number of nitrogens with one attached hydrogen (secondary N) is 2. The van der Waals surface area contributed by atoms with Gasteiger partial charge in [-0.15, -0.1) is 4.83 Å². The molecule has 1 heterocycles. The average Bonchev–Trinajstić information content (AvgIpc) is 3.43. The second kappa shape index (κ2) is 8.75. The van der Waals surface area contributed by atoms with Gasteiger partial charge in [-0.1, -0.05) is 24.4 Å². The number of thiocarbonyl (C=S) groups is 2. The minimum absolute atomic E-state index is 0.164. The van der Waals surface area contributed by atoms with E-state index in [1.165, 1.54) is 28.6 Å². The quantitative estimate of drug-likeness (QED) is 0.469. The van der Waals surface area contributed by atoms with E-state index in [-0.39, 0.29) is 17.5 Å². The van der Waals surface area contributed by atoms with Crippen molar-refractivity contribution in [1.29, 1.82) is 0 Å². The lowest BCUT2D eigenvalue weighted by molar-refractivity contribution is -0.121. The molecule has 1 aliphatic rings. The molecule has 0 atom stereocenters. The predicted octanol–water partition coefficient (Wildman–Crippen LogP) is 0.00880. The normalized spacial score (nSPS) is 13.8. The highest BCUT2D eigenvalue weighted by atomic mass is 32.2. The van der Waals surface area contributed by atoms with Crippen molar-refractivity contribution in [2.75, 3.05) is 19.3 Å². The number of amides is 1. The van der Waals surface area contributed by atoms with Gasteiger partial charge in [0.05, 0.1) is 11.2 Å². The van der Waals surface area contributed by atoms with Gasteiger partial charge >= 0.3 is 0 Å². The molecule has 1 aliphatic carbocycles. The van der Waals surface area contributed by atoms with Crippen LogP contribution in [0.1, 0.15) is 25.5 Å². The van der Waals surface area contributed by atoms with Crippen LogP contribution in [0.15, 0.2) is 18.6 Å². The molecule has 0 unspecified atom stereocenters. The van der Waals surface area contributed by atoms with Gasteiger partial charge in [0.15, 0.2) is 0 Å². The van der Waals surface area contributed by atoms with E-state index in [1.54, 1.807) is 14.0 Å². The molecule has 26 heavy (non-hydrogen) atoms. The van der Waals surface area contributed by atoms with E-state index >= 15 is 0 Å². The van der Waals surface area contributed by atoms with Crippen molar-refractivity contribution in [3.63, 3.8) is 0 Å². The molecule has 2 N–H and O–H groups in total. The molecule has 0 aliphatic heterocycles. The van der Waals surface area contributed by atoms with E-state index < -0.39 is 21.7 Å². The molecular formula is C14H20N6O3S3. The van der Waals surface area contributed by atoms with Crippen molar-refractivity contribution in [3.8, 4) is 0 Å². The molecule has 0 spiro atoms. The summed E-state index contributed by atoms with van der Waals surface area (Å²) in [5, 5.41) is 2.62. The molecule has 1 saturated carbocycles. The van der Waals surface area contributed by atoms with E-state index in [0.717, 1.165) is 12.8 Å². The Morgan fingerprint density at radius 2 is 2.04 bits per heavy atom. The Kier molecular flexibility index (Phi) is 6.92. The Morgan fingerprint density at radius 3 is 2.58 bits per heavy atom.